The van der Waals surface area contributed by atoms with Crippen LogP contribution in [0.1, 0.15) is 38.4 Å². The highest BCUT2D eigenvalue weighted by atomic mass is 32.2. The molecule has 2 rings (SSSR count). The molecule has 2 heterocycles. The molecule has 5 heteroatoms. The number of aromatic nitrogens is 3. The van der Waals surface area contributed by atoms with Crippen molar-refractivity contribution in [3.05, 3.63) is 12.2 Å². The molecule has 4 nitrogen and oxygen atoms in total. The van der Waals surface area contributed by atoms with Gasteiger partial charge in [0.15, 0.2) is 0 Å². The van der Waals surface area contributed by atoms with Crippen LogP contribution in [0.5, 0.6) is 0 Å². The molecule has 1 saturated heterocycles. The first-order valence-electron chi connectivity index (χ1n) is 6.47. The van der Waals surface area contributed by atoms with Crippen LogP contribution in [0.25, 0.3) is 0 Å². The van der Waals surface area contributed by atoms with Crippen LogP contribution < -0.4 is 0 Å². The predicted octanol–water partition coefficient (Wildman–Crippen LogP) is 1.88. The Morgan fingerprint density at radius 1 is 1.59 bits per heavy atom. The molecule has 1 aliphatic heterocycles. The van der Waals surface area contributed by atoms with E-state index in [1.54, 1.807) is 6.33 Å². The third kappa shape index (κ3) is 3.45. The van der Waals surface area contributed by atoms with E-state index in [1.165, 1.54) is 18.6 Å². The quantitative estimate of drug-likeness (QED) is 0.873. The van der Waals surface area contributed by atoms with Gasteiger partial charge in [-0.05, 0) is 25.0 Å². The summed E-state index contributed by atoms with van der Waals surface area (Å²) in [5.74, 6) is 2.11. The van der Waals surface area contributed by atoms with Crippen LogP contribution in [0, 0.1) is 0 Å². The minimum Gasteiger partial charge on any atom is -0.392 e. The summed E-state index contributed by atoms with van der Waals surface area (Å²) in [6.45, 7) is 3.01. The van der Waals surface area contributed by atoms with Crippen molar-refractivity contribution in [3.8, 4) is 0 Å². The zero-order chi connectivity index (χ0) is 12.1. The molecule has 1 aromatic heterocycles. The maximum Gasteiger partial charge on any atom is 0.138 e. The molecule has 0 radical (unpaired) electrons. The molecule has 17 heavy (non-hydrogen) atoms. The molecular weight excluding hydrogens is 234 g/mol. The van der Waals surface area contributed by atoms with Gasteiger partial charge in [0, 0.05) is 18.2 Å². The monoisotopic (exact) mass is 255 g/mol. The zero-order valence-electron chi connectivity index (χ0n) is 10.4. The van der Waals surface area contributed by atoms with Crippen molar-refractivity contribution in [2.45, 2.75) is 56.9 Å². The average Bonchev–Trinajstić information content (AvgIpc) is 2.78. The van der Waals surface area contributed by atoms with Crippen LogP contribution in [0.4, 0.5) is 0 Å². The van der Waals surface area contributed by atoms with Crippen molar-refractivity contribution in [2.75, 3.05) is 5.75 Å². The highest BCUT2D eigenvalue weighted by Gasteiger charge is 2.23. The van der Waals surface area contributed by atoms with E-state index in [9.17, 15) is 5.11 Å². The number of nitrogens with zero attached hydrogens (tertiary/aromatic N) is 3. The van der Waals surface area contributed by atoms with Gasteiger partial charge < -0.3 is 5.11 Å². The van der Waals surface area contributed by atoms with Gasteiger partial charge >= 0.3 is 0 Å². The van der Waals surface area contributed by atoms with Crippen molar-refractivity contribution in [1.82, 2.24) is 14.8 Å². The zero-order valence-corrected chi connectivity index (χ0v) is 11.2. The molecule has 2 unspecified atom stereocenters. The molecule has 0 aliphatic carbocycles. The van der Waals surface area contributed by atoms with Gasteiger partial charge in [0.2, 0.25) is 0 Å². The highest BCUT2D eigenvalue weighted by molar-refractivity contribution is 8.00. The first-order valence-corrected chi connectivity index (χ1v) is 7.52. The smallest absolute Gasteiger partial charge is 0.138 e. The Balaban J connectivity index is 1.92. The second-order valence-corrected chi connectivity index (χ2v) is 5.92. The third-order valence-corrected chi connectivity index (χ3v) is 4.67. The number of thioether (sulfide) groups is 1. The number of aliphatic hydroxyl groups is 1. The van der Waals surface area contributed by atoms with Crippen LogP contribution in [-0.2, 0) is 13.0 Å². The number of hydrogen-bond donors (Lipinski definition) is 1. The summed E-state index contributed by atoms with van der Waals surface area (Å²) < 4.78 is 1.91. The summed E-state index contributed by atoms with van der Waals surface area (Å²) in [6.07, 6.45) is 6.66. The van der Waals surface area contributed by atoms with Crippen molar-refractivity contribution < 1.29 is 5.11 Å². The second-order valence-electron chi connectivity index (χ2n) is 4.58. The molecule has 0 bridgehead atoms. The fourth-order valence-corrected chi connectivity index (χ4v) is 3.56. The van der Waals surface area contributed by atoms with E-state index >= 15 is 0 Å². The fourth-order valence-electron chi connectivity index (χ4n) is 2.23. The Labute approximate surface area is 107 Å². The van der Waals surface area contributed by atoms with Crippen LogP contribution in [-0.4, -0.2) is 37.0 Å². The van der Waals surface area contributed by atoms with Gasteiger partial charge in [-0.3, -0.25) is 4.68 Å². The summed E-state index contributed by atoms with van der Waals surface area (Å²) in [6, 6.07) is 0. The van der Waals surface area contributed by atoms with Gasteiger partial charge in [-0.2, -0.15) is 16.9 Å². The van der Waals surface area contributed by atoms with E-state index in [0.717, 1.165) is 25.2 Å². The standard InChI is InChI=1S/C12H21N3OS/c1-2-6-15-12(13-9-14-15)8-10(16)11-5-3-4-7-17-11/h9-11,16H,2-8H2,1H3. The molecule has 1 aromatic rings. The van der Waals surface area contributed by atoms with E-state index < -0.39 is 0 Å². The van der Waals surface area contributed by atoms with Gasteiger partial charge in [-0.15, -0.1) is 0 Å². The molecule has 0 aromatic carbocycles. The molecule has 0 saturated carbocycles. The van der Waals surface area contributed by atoms with E-state index in [4.69, 9.17) is 0 Å². The summed E-state index contributed by atoms with van der Waals surface area (Å²) >= 11 is 1.90. The van der Waals surface area contributed by atoms with Gasteiger partial charge in [-0.1, -0.05) is 13.3 Å². The topological polar surface area (TPSA) is 50.9 Å². The number of aliphatic hydroxyl groups excluding tert-OH is 1. The lowest BCUT2D eigenvalue weighted by molar-refractivity contribution is 0.162. The van der Waals surface area contributed by atoms with Crippen molar-refractivity contribution in [1.29, 1.82) is 0 Å². The van der Waals surface area contributed by atoms with E-state index in [0.29, 0.717) is 11.7 Å². The normalized spacial score (nSPS) is 22.6. The predicted molar refractivity (Wildman–Crippen MR) is 70.1 cm³/mol. The maximum atomic E-state index is 10.2. The van der Waals surface area contributed by atoms with Crippen LogP contribution in [0.2, 0.25) is 0 Å². The molecule has 0 amide bonds. The number of rotatable bonds is 5. The van der Waals surface area contributed by atoms with Gasteiger partial charge in [0.05, 0.1) is 6.10 Å². The van der Waals surface area contributed by atoms with Crippen molar-refractivity contribution in [3.63, 3.8) is 0 Å². The first kappa shape index (κ1) is 12.9. The minimum atomic E-state index is -0.278. The van der Waals surface area contributed by atoms with Crippen molar-refractivity contribution >= 4 is 11.8 Å². The molecular formula is C12H21N3OS. The summed E-state index contributed by atoms with van der Waals surface area (Å²) in [7, 11) is 0. The molecule has 0 spiro atoms. The lowest BCUT2D eigenvalue weighted by atomic mass is 10.1. The minimum absolute atomic E-state index is 0.278. The van der Waals surface area contributed by atoms with Gasteiger partial charge in [0.1, 0.15) is 12.2 Å². The maximum absolute atomic E-state index is 10.2. The fraction of sp³-hybridized carbons (Fsp3) is 0.833. The lowest BCUT2D eigenvalue weighted by Crippen LogP contribution is -2.29. The second kappa shape index (κ2) is 6.40. The summed E-state index contributed by atoms with van der Waals surface area (Å²) in [4.78, 5) is 4.25. The van der Waals surface area contributed by atoms with Crippen LogP contribution in [0.3, 0.4) is 0 Å². The van der Waals surface area contributed by atoms with E-state index in [-0.39, 0.29) is 6.10 Å². The Morgan fingerprint density at radius 3 is 3.18 bits per heavy atom. The van der Waals surface area contributed by atoms with Crippen molar-refractivity contribution in [2.24, 2.45) is 0 Å². The first-order chi connectivity index (χ1) is 8.31. The van der Waals surface area contributed by atoms with Gasteiger partial charge in [0.25, 0.3) is 0 Å². The Hall–Kier alpha value is -0.550. The van der Waals surface area contributed by atoms with E-state index in [2.05, 4.69) is 17.0 Å². The van der Waals surface area contributed by atoms with Crippen LogP contribution in [0.15, 0.2) is 6.33 Å². The lowest BCUT2D eigenvalue weighted by Gasteiger charge is -2.25. The number of hydrogen-bond acceptors (Lipinski definition) is 4. The Bertz CT molecular complexity index is 336. The van der Waals surface area contributed by atoms with E-state index in [1.807, 2.05) is 16.4 Å². The SMILES string of the molecule is CCCn1ncnc1CC(O)C1CCCCS1. The largest absolute Gasteiger partial charge is 0.392 e. The molecule has 2 atom stereocenters. The molecule has 1 N–H and O–H groups in total. The highest BCUT2D eigenvalue weighted by Crippen LogP contribution is 2.28. The Morgan fingerprint density at radius 2 is 2.47 bits per heavy atom. The van der Waals surface area contributed by atoms with Gasteiger partial charge in [-0.25, -0.2) is 4.98 Å². The molecule has 1 aliphatic rings. The third-order valence-electron chi connectivity index (χ3n) is 3.17. The summed E-state index contributed by atoms with van der Waals surface area (Å²) in [5, 5.41) is 14.8. The van der Waals surface area contributed by atoms with Crippen LogP contribution >= 0.6 is 11.8 Å². The number of aryl methyl sites for hydroxylation is 1. The Kier molecular flexibility index (Phi) is 4.86. The average molecular weight is 255 g/mol. The molecule has 1 fully saturated rings. The summed E-state index contributed by atoms with van der Waals surface area (Å²) in [5.41, 5.74) is 0. The molecule has 96 valence electrons.